The van der Waals surface area contributed by atoms with Crippen molar-refractivity contribution in [2.24, 2.45) is 5.41 Å². The molecule has 6 heteroatoms. The van der Waals surface area contributed by atoms with E-state index in [0.29, 0.717) is 35.7 Å². The molecule has 1 saturated heterocycles. The van der Waals surface area contributed by atoms with Crippen molar-refractivity contribution in [2.45, 2.75) is 19.8 Å². The van der Waals surface area contributed by atoms with Gasteiger partial charge in [-0.3, -0.25) is 9.59 Å². The van der Waals surface area contributed by atoms with Crippen molar-refractivity contribution >= 4 is 29.2 Å². The van der Waals surface area contributed by atoms with E-state index in [1.807, 2.05) is 0 Å². The topological polar surface area (TPSA) is 83.6 Å². The first-order valence-corrected chi connectivity index (χ1v) is 6.79. The molecule has 0 aromatic heterocycles. The third-order valence-corrected chi connectivity index (χ3v) is 4.09. The van der Waals surface area contributed by atoms with Gasteiger partial charge in [0.25, 0.3) is 5.91 Å². The van der Waals surface area contributed by atoms with Gasteiger partial charge in [-0.25, -0.2) is 0 Å². The van der Waals surface area contributed by atoms with Crippen LogP contribution in [0.25, 0.3) is 0 Å². The van der Waals surface area contributed by atoms with Gasteiger partial charge >= 0.3 is 5.97 Å². The van der Waals surface area contributed by atoms with Crippen molar-refractivity contribution < 1.29 is 14.7 Å². The second-order valence-electron chi connectivity index (χ2n) is 5.43. The van der Waals surface area contributed by atoms with E-state index in [1.54, 1.807) is 24.0 Å². The molecule has 1 amide bonds. The van der Waals surface area contributed by atoms with Crippen LogP contribution < -0.4 is 5.73 Å². The number of nitrogens with two attached hydrogens (primary N) is 1. The summed E-state index contributed by atoms with van der Waals surface area (Å²) in [5.74, 6) is -1.08. The highest BCUT2D eigenvalue weighted by Crippen LogP contribution is 2.31. The van der Waals surface area contributed by atoms with Crippen molar-refractivity contribution in [3.05, 3.63) is 28.8 Å². The fourth-order valence-corrected chi connectivity index (χ4v) is 2.56. The number of carboxylic acid groups (broad SMARTS) is 1. The van der Waals surface area contributed by atoms with Gasteiger partial charge in [-0.05, 0) is 38.0 Å². The van der Waals surface area contributed by atoms with Crippen molar-refractivity contribution in [1.82, 2.24) is 4.90 Å². The molecule has 108 valence electrons. The maximum absolute atomic E-state index is 12.4. The van der Waals surface area contributed by atoms with Crippen LogP contribution >= 0.6 is 11.6 Å². The first-order chi connectivity index (χ1) is 9.33. The van der Waals surface area contributed by atoms with Crippen molar-refractivity contribution in [1.29, 1.82) is 0 Å². The standard InChI is InChI=1S/C14H17ClN2O3/c1-14(13(19)20)5-2-6-17(8-14)12(18)9-3-4-10(15)11(16)7-9/h3-4,7H,2,5-6,8,16H2,1H3,(H,19,20). The number of nitrogens with zero attached hydrogens (tertiary/aromatic N) is 1. The van der Waals surface area contributed by atoms with Crippen molar-refractivity contribution in [3.8, 4) is 0 Å². The zero-order chi connectivity index (χ0) is 14.9. The molecule has 0 spiro atoms. The number of hydrogen-bond acceptors (Lipinski definition) is 3. The minimum absolute atomic E-state index is 0.208. The molecule has 0 radical (unpaired) electrons. The van der Waals surface area contributed by atoms with Gasteiger partial charge in [-0.2, -0.15) is 0 Å². The number of amides is 1. The molecule has 3 N–H and O–H groups in total. The molecule has 5 nitrogen and oxygen atoms in total. The predicted molar refractivity (Wildman–Crippen MR) is 76.7 cm³/mol. The van der Waals surface area contributed by atoms with E-state index in [9.17, 15) is 14.7 Å². The molecule has 0 saturated carbocycles. The number of halogens is 1. The number of aliphatic carboxylic acids is 1. The number of likely N-dealkylation sites (tertiary alicyclic amines) is 1. The maximum atomic E-state index is 12.4. The van der Waals surface area contributed by atoms with E-state index >= 15 is 0 Å². The number of piperidine rings is 1. The molecule has 1 unspecified atom stereocenters. The maximum Gasteiger partial charge on any atom is 0.311 e. The minimum Gasteiger partial charge on any atom is -0.481 e. The van der Waals surface area contributed by atoms with Crippen LogP contribution in [0.5, 0.6) is 0 Å². The average Bonchev–Trinajstić information content (AvgIpc) is 2.41. The van der Waals surface area contributed by atoms with Gasteiger partial charge in [0.15, 0.2) is 0 Å². The molecule has 1 heterocycles. The lowest BCUT2D eigenvalue weighted by molar-refractivity contribution is -0.150. The quantitative estimate of drug-likeness (QED) is 0.820. The Morgan fingerprint density at radius 3 is 2.75 bits per heavy atom. The van der Waals surface area contributed by atoms with Crippen LogP contribution in [0.4, 0.5) is 5.69 Å². The van der Waals surface area contributed by atoms with Crippen LogP contribution in [0.3, 0.4) is 0 Å². The Morgan fingerprint density at radius 2 is 2.15 bits per heavy atom. The summed E-state index contributed by atoms with van der Waals surface area (Å²) in [4.78, 5) is 25.3. The highest BCUT2D eigenvalue weighted by Gasteiger charge is 2.39. The summed E-state index contributed by atoms with van der Waals surface area (Å²) in [5.41, 5.74) is 5.58. The van der Waals surface area contributed by atoms with Crippen LogP contribution in [0.1, 0.15) is 30.1 Å². The van der Waals surface area contributed by atoms with Crippen LogP contribution in [0, 0.1) is 5.41 Å². The molecule has 1 fully saturated rings. The monoisotopic (exact) mass is 296 g/mol. The number of carboxylic acids is 1. The Balaban J connectivity index is 2.20. The molecule has 2 rings (SSSR count). The predicted octanol–water partition coefficient (Wildman–Crippen LogP) is 2.25. The Kier molecular flexibility index (Phi) is 3.90. The smallest absolute Gasteiger partial charge is 0.311 e. The summed E-state index contributed by atoms with van der Waals surface area (Å²) >= 11 is 5.83. The van der Waals surface area contributed by atoms with Gasteiger partial charge in [0.05, 0.1) is 16.1 Å². The van der Waals surface area contributed by atoms with E-state index in [2.05, 4.69) is 0 Å². The average molecular weight is 297 g/mol. The lowest BCUT2D eigenvalue weighted by Crippen LogP contribution is -2.48. The molecule has 1 atom stereocenters. The van der Waals surface area contributed by atoms with Crippen LogP contribution in [0.2, 0.25) is 5.02 Å². The number of carbonyl (C=O) groups excluding carboxylic acids is 1. The Morgan fingerprint density at radius 1 is 1.45 bits per heavy atom. The van der Waals surface area contributed by atoms with E-state index in [4.69, 9.17) is 17.3 Å². The van der Waals surface area contributed by atoms with Crippen molar-refractivity contribution in [3.63, 3.8) is 0 Å². The number of carbonyl (C=O) groups is 2. The molecule has 1 aromatic carbocycles. The Bertz CT molecular complexity index is 561. The highest BCUT2D eigenvalue weighted by molar-refractivity contribution is 6.33. The number of nitrogen functional groups attached to an aromatic ring is 1. The van der Waals surface area contributed by atoms with Gasteiger partial charge in [-0.15, -0.1) is 0 Å². The Hall–Kier alpha value is -1.75. The highest BCUT2D eigenvalue weighted by atomic mass is 35.5. The fraction of sp³-hybridized carbons (Fsp3) is 0.429. The number of hydrogen-bond donors (Lipinski definition) is 2. The number of benzene rings is 1. The third-order valence-electron chi connectivity index (χ3n) is 3.74. The summed E-state index contributed by atoms with van der Waals surface area (Å²) < 4.78 is 0. The first-order valence-electron chi connectivity index (χ1n) is 6.41. The molecule has 1 aromatic rings. The number of rotatable bonds is 2. The van der Waals surface area contributed by atoms with Crippen molar-refractivity contribution in [2.75, 3.05) is 18.8 Å². The fourth-order valence-electron chi connectivity index (χ4n) is 2.45. The molecular weight excluding hydrogens is 280 g/mol. The van der Waals surface area contributed by atoms with Gasteiger partial charge in [0.2, 0.25) is 0 Å². The largest absolute Gasteiger partial charge is 0.481 e. The second kappa shape index (κ2) is 5.32. The molecule has 0 aliphatic carbocycles. The van der Waals surface area contributed by atoms with Gasteiger partial charge in [-0.1, -0.05) is 11.6 Å². The second-order valence-corrected chi connectivity index (χ2v) is 5.84. The number of anilines is 1. The summed E-state index contributed by atoms with van der Waals surface area (Å²) in [6.07, 6.45) is 1.26. The van der Waals surface area contributed by atoms with E-state index in [0.717, 1.165) is 0 Å². The summed E-state index contributed by atoms with van der Waals surface area (Å²) in [5, 5.41) is 9.67. The molecule has 1 aliphatic rings. The zero-order valence-corrected chi connectivity index (χ0v) is 12.0. The van der Waals surface area contributed by atoms with Gasteiger partial charge in [0, 0.05) is 18.7 Å². The minimum atomic E-state index is -0.883. The lowest BCUT2D eigenvalue weighted by Gasteiger charge is -2.37. The van der Waals surface area contributed by atoms with Crippen LogP contribution in [-0.2, 0) is 4.79 Å². The van der Waals surface area contributed by atoms with Crippen LogP contribution in [0.15, 0.2) is 18.2 Å². The summed E-state index contributed by atoms with van der Waals surface area (Å²) in [7, 11) is 0. The SMILES string of the molecule is CC1(C(=O)O)CCCN(C(=O)c2ccc(Cl)c(N)c2)C1. The van der Waals surface area contributed by atoms with E-state index in [-0.39, 0.29) is 12.5 Å². The normalized spacial score (nSPS) is 22.6. The van der Waals surface area contributed by atoms with Gasteiger partial charge in [0.1, 0.15) is 0 Å². The molecular formula is C14H17ClN2O3. The molecule has 20 heavy (non-hydrogen) atoms. The van der Waals surface area contributed by atoms with Gasteiger partial charge < -0.3 is 15.7 Å². The van der Waals surface area contributed by atoms with E-state index < -0.39 is 11.4 Å². The summed E-state index contributed by atoms with van der Waals surface area (Å²) in [6, 6.07) is 4.70. The zero-order valence-electron chi connectivity index (χ0n) is 11.2. The first kappa shape index (κ1) is 14.7. The van der Waals surface area contributed by atoms with Crippen LogP contribution in [-0.4, -0.2) is 35.0 Å². The lowest BCUT2D eigenvalue weighted by atomic mass is 9.82. The molecule has 1 aliphatic heterocycles. The Labute approximate surface area is 122 Å². The summed E-state index contributed by atoms with van der Waals surface area (Å²) in [6.45, 7) is 2.44. The third kappa shape index (κ3) is 2.72. The van der Waals surface area contributed by atoms with E-state index in [1.165, 1.54) is 6.07 Å². The molecule has 0 bridgehead atoms.